The lowest BCUT2D eigenvalue weighted by atomic mass is 9.89. The second-order valence-electron chi connectivity index (χ2n) is 7.00. The molecule has 2 heterocycles. The molecule has 2 aromatic heterocycles. The molecule has 0 bridgehead atoms. The van der Waals surface area contributed by atoms with Crippen LogP contribution in [-0.4, -0.2) is 28.2 Å². The Morgan fingerprint density at radius 1 is 1.32 bits per heavy atom. The number of aromatic nitrogens is 2. The molecule has 0 aliphatic heterocycles. The van der Waals surface area contributed by atoms with Crippen molar-refractivity contribution >= 4 is 44.9 Å². The number of fused-ring (bicyclic) bond motifs is 3. The molecule has 1 aliphatic rings. The maximum absolute atomic E-state index is 12.4. The smallest absolute Gasteiger partial charge is 0.234 e. The van der Waals surface area contributed by atoms with Gasteiger partial charge >= 0.3 is 0 Å². The minimum atomic E-state index is -0.0429. The second kappa shape index (κ2) is 8.49. The number of nitrogens with one attached hydrogen (secondary N) is 1. The number of benzene rings is 1. The number of ether oxygens (including phenoxy) is 1. The van der Waals surface area contributed by atoms with Crippen molar-refractivity contribution < 1.29 is 9.53 Å². The standard InChI is InChI=1S/C21H23N3O2S2/c1-3-26-15-7-5-14(6-8-15)24-18(25)11-27-20-19-16-9-4-13(2)10-17(16)28-21(19)23-12-22-20/h5-8,12-13H,3-4,9-11H2,1-2H3,(H,24,25)/t13-/m0/s1. The van der Waals surface area contributed by atoms with E-state index in [4.69, 9.17) is 4.74 Å². The van der Waals surface area contributed by atoms with Crippen LogP contribution in [0.5, 0.6) is 5.75 Å². The van der Waals surface area contributed by atoms with Crippen molar-refractivity contribution in [2.45, 2.75) is 38.1 Å². The van der Waals surface area contributed by atoms with E-state index in [2.05, 4.69) is 22.2 Å². The molecule has 0 unspecified atom stereocenters. The quantitative estimate of drug-likeness (QED) is 0.458. The van der Waals surface area contributed by atoms with Crippen LogP contribution in [0.25, 0.3) is 10.2 Å². The summed E-state index contributed by atoms with van der Waals surface area (Å²) >= 11 is 3.27. The first kappa shape index (κ1) is 19.2. The molecule has 3 aromatic rings. The molecule has 1 amide bonds. The summed E-state index contributed by atoms with van der Waals surface area (Å²) in [5, 5.41) is 5.01. The van der Waals surface area contributed by atoms with E-state index in [1.54, 1.807) is 17.7 Å². The molecule has 7 heteroatoms. The lowest BCUT2D eigenvalue weighted by molar-refractivity contribution is -0.113. The number of hydrogen-bond donors (Lipinski definition) is 1. The number of anilines is 1. The molecule has 0 saturated carbocycles. The maximum Gasteiger partial charge on any atom is 0.234 e. The average molecular weight is 414 g/mol. The van der Waals surface area contributed by atoms with Crippen LogP contribution in [-0.2, 0) is 17.6 Å². The summed E-state index contributed by atoms with van der Waals surface area (Å²) in [6.07, 6.45) is 5.02. The highest BCUT2D eigenvalue weighted by Crippen LogP contribution is 2.40. The van der Waals surface area contributed by atoms with Crippen LogP contribution in [0.15, 0.2) is 35.6 Å². The van der Waals surface area contributed by atoms with Gasteiger partial charge in [0.25, 0.3) is 0 Å². The van der Waals surface area contributed by atoms with Crippen molar-refractivity contribution in [3.63, 3.8) is 0 Å². The van der Waals surface area contributed by atoms with Gasteiger partial charge in [-0.2, -0.15) is 0 Å². The van der Waals surface area contributed by atoms with E-state index >= 15 is 0 Å². The predicted octanol–water partition coefficient (Wildman–Crippen LogP) is 4.95. The summed E-state index contributed by atoms with van der Waals surface area (Å²) < 4.78 is 5.43. The van der Waals surface area contributed by atoms with Crippen molar-refractivity contribution in [3.05, 3.63) is 41.0 Å². The van der Waals surface area contributed by atoms with Gasteiger partial charge < -0.3 is 10.1 Å². The number of thioether (sulfide) groups is 1. The highest BCUT2D eigenvalue weighted by Gasteiger charge is 2.23. The number of aryl methyl sites for hydroxylation is 1. The highest BCUT2D eigenvalue weighted by molar-refractivity contribution is 8.00. The van der Waals surface area contributed by atoms with Crippen molar-refractivity contribution in [1.29, 1.82) is 0 Å². The van der Waals surface area contributed by atoms with E-state index in [1.807, 2.05) is 31.2 Å². The number of hydrogen-bond acceptors (Lipinski definition) is 6. The number of amides is 1. The molecule has 0 radical (unpaired) electrons. The fourth-order valence-corrected chi connectivity index (χ4v) is 5.73. The minimum absolute atomic E-state index is 0.0429. The molecular formula is C21H23N3O2S2. The minimum Gasteiger partial charge on any atom is -0.494 e. The summed E-state index contributed by atoms with van der Waals surface area (Å²) in [7, 11) is 0. The summed E-state index contributed by atoms with van der Waals surface area (Å²) in [5.41, 5.74) is 2.16. The van der Waals surface area contributed by atoms with E-state index in [1.165, 1.54) is 28.6 Å². The third-order valence-corrected chi connectivity index (χ3v) is 7.00. The van der Waals surface area contributed by atoms with Crippen LogP contribution in [0.1, 0.15) is 30.7 Å². The normalized spacial score (nSPS) is 16.0. The van der Waals surface area contributed by atoms with E-state index in [9.17, 15) is 4.79 Å². The largest absolute Gasteiger partial charge is 0.494 e. The van der Waals surface area contributed by atoms with Crippen LogP contribution in [0.4, 0.5) is 5.69 Å². The predicted molar refractivity (Wildman–Crippen MR) is 116 cm³/mol. The van der Waals surface area contributed by atoms with Crippen LogP contribution in [0, 0.1) is 5.92 Å². The van der Waals surface area contributed by atoms with E-state index in [0.29, 0.717) is 12.4 Å². The Morgan fingerprint density at radius 2 is 2.14 bits per heavy atom. The third-order valence-electron chi connectivity index (χ3n) is 4.85. The van der Waals surface area contributed by atoms with Gasteiger partial charge in [0, 0.05) is 16.0 Å². The first-order chi connectivity index (χ1) is 13.6. The van der Waals surface area contributed by atoms with Crippen LogP contribution >= 0.6 is 23.1 Å². The monoisotopic (exact) mass is 413 g/mol. The molecular weight excluding hydrogens is 390 g/mol. The summed E-state index contributed by atoms with van der Waals surface area (Å²) in [6, 6.07) is 7.43. The second-order valence-corrected chi connectivity index (χ2v) is 9.05. The zero-order valence-corrected chi connectivity index (χ0v) is 17.7. The van der Waals surface area contributed by atoms with Gasteiger partial charge in [-0.15, -0.1) is 11.3 Å². The van der Waals surface area contributed by atoms with Gasteiger partial charge in [-0.05, 0) is 61.9 Å². The fraction of sp³-hybridized carbons (Fsp3) is 0.381. The first-order valence-corrected chi connectivity index (χ1v) is 11.3. The summed E-state index contributed by atoms with van der Waals surface area (Å²) in [6.45, 7) is 4.88. The van der Waals surface area contributed by atoms with Gasteiger partial charge in [-0.3, -0.25) is 4.79 Å². The van der Waals surface area contributed by atoms with E-state index in [0.717, 1.165) is 45.4 Å². The van der Waals surface area contributed by atoms with Gasteiger partial charge in [0.1, 0.15) is 21.9 Å². The highest BCUT2D eigenvalue weighted by atomic mass is 32.2. The van der Waals surface area contributed by atoms with Crippen molar-refractivity contribution in [2.24, 2.45) is 5.92 Å². The van der Waals surface area contributed by atoms with Gasteiger partial charge in [0.05, 0.1) is 12.4 Å². The third kappa shape index (κ3) is 4.15. The zero-order chi connectivity index (χ0) is 19.5. The van der Waals surface area contributed by atoms with Crippen molar-refractivity contribution in [2.75, 3.05) is 17.7 Å². The van der Waals surface area contributed by atoms with Crippen LogP contribution in [0.2, 0.25) is 0 Å². The lowest BCUT2D eigenvalue weighted by Gasteiger charge is -2.18. The maximum atomic E-state index is 12.4. The molecule has 5 nitrogen and oxygen atoms in total. The van der Waals surface area contributed by atoms with Crippen LogP contribution in [0.3, 0.4) is 0 Å². The SMILES string of the molecule is CCOc1ccc(NC(=O)CSc2ncnc3sc4c(c23)CC[C@H](C)C4)cc1. The number of thiophene rings is 1. The number of rotatable bonds is 6. The first-order valence-electron chi connectivity index (χ1n) is 9.54. The molecule has 1 N–H and O–H groups in total. The van der Waals surface area contributed by atoms with E-state index < -0.39 is 0 Å². The van der Waals surface area contributed by atoms with Crippen LogP contribution < -0.4 is 10.1 Å². The Bertz CT molecular complexity index is 985. The van der Waals surface area contributed by atoms with E-state index in [-0.39, 0.29) is 5.91 Å². The van der Waals surface area contributed by atoms with Crippen molar-refractivity contribution in [1.82, 2.24) is 9.97 Å². The molecule has 1 aliphatic carbocycles. The Kier molecular flexibility index (Phi) is 5.82. The van der Waals surface area contributed by atoms with Gasteiger partial charge in [-0.1, -0.05) is 18.7 Å². The molecule has 4 rings (SSSR count). The Morgan fingerprint density at radius 3 is 2.93 bits per heavy atom. The topological polar surface area (TPSA) is 64.1 Å². The van der Waals surface area contributed by atoms with Gasteiger partial charge in [0.2, 0.25) is 5.91 Å². The molecule has 0 saturated heterocycles. The molecule has 1 aromatic carbocycles. The number of nitrogens with zero attached hydrogens (tertiary/aromatic N) is 2. The molecule has 28 heavy (non-hydrogen) atoms. The fourth-order valence-electron chi connectivity index (χ4n) is 3.49. The molecule has 1 atom stereocenters. The van der Waals surface area contributed by atoms with Gasteiger partial charge in [-0.25, -0.2) is 9.97 Å². The Balaban J connectivity index is 1.44. The average Bonchev–Trinajstić information content (AvgIpc) is 3.06. The molecule has 146 valence electrons. The number of carbonyl (C=O) groups excluding carboxylic acids is 1. The number of carbonyl (C=O) groups is 1. The molecule has 0 fully saturated rings. The Labute approximate surface area is 172 Å². The zero-order valence-electron chi connectivity index (χ0n) is 16.0. The lowest BCUT2D eigenvalue weighted by Crippen LogP contribution is -2.14. The Hall–Kier alpha value is -2.12. The summed E-state index contributed by atoms with van der Waals surface area (Å²) in [4.78, 5) is 23.8. The van der Waals surface area contributed by atoms with Crippen molar-refractivity contribution in [3.8, 4) is 5.75 Å². The molecule has 0 spiro atoms. The summed E-state index contributed by atoms with van der Waals surface area (Å²) in [5.74, 6) is 1.80. The van der Waals surface area contributed by atoms with Gasteiger partial charge in [0.15, 0.2) is 0 Å².